The Kier molecular flexibility index (Phi) is 7.57. The molecule has 0 saturated carbocycles. The standard InChI is InChI=1S/C15H21NO4/c1-2-8-16(10-15(18)19)9-14(17)12-20-11-13-6-4-3-5-7-13/h2-7,14,17H,1,8-12H2,(H,18,19)/t14-/m1/s1. The topological polar surface area (TPSA) is 70.0 Å². The van der Waals surface area contributed by atoms with E-state index in [9.17, 15) is 9.90 Å². The number of hydrogen-bond donors (Lipinski definition) is 2. The maximum atomic E-state index is 10.7. The van der Waals surface area contributed by atoms with Crippen molar-refractivity contribution in [1.29, 1.82) is 0 Å². The van der Waals surface area contributed by atoms with E-state index in [0.717, 1.165) is 5.56 Å². The molecule has 0 aliphatic rings. The normalized spacial score (nSPS) is 12.3. The van der Waals surface area contributed by atoms with E-state index in [1.54, 1.807) is 11.0 Å². The summed E-state index contributed by atoms with van der Waals surface area (Å²) in [6, 6.07) is 9.67. The molecule has 5 heteroatoms. The summed E-state index contributed by atoms with van der Waals surface area (Å²) in [6.07, 6.45) is 0.888. The smallest absolute Gasteiger partial charge is 0.317 e. The fourth-order valence-corrected chi connectivity index (χ4v) is 1.82. The summed E-state index contributed by atoms with van der Waals surface area (Å²) in [7, 11) is 0. The molecule has 20 heavy (non-hydrogen) atoms. The molecule has 1 aromatic rings. The van der Waals surface area contributed by atoms with Crippen LogP contribution in [-0.4, -0.2) is 53.4 Å². The maximum absolute atomic E-state index is 10.7. The Hall–Kier alpha value is -1.69. The number of hydrogen-bond acceptors (Lipinski definition) is 4. The third-order valence-electron chi connectivity index (χ3n) is 2.64. The zero-order valence-corrected chi connectivity index (χ0v) is 11.4. The van der Waals surface area contributed by atoms with Gasteiger partial charge in [0.1, 0.15) is 0 Å². The van der Waals surface area contributed by atoms with Crippen molar-refractivity contribution in [2.75, 3.05) is 26.2 Å². The van der Waals surface area contributed by atoms with Gasteiger partial charge in [-0.25, -0.2) is 0 Å². The number of rotatable bonds is 10. The number of aliphatic carboxylic acids is 1. The van der Waals surface area contributed by atoms with Gasteiger partial charge in [-0.15, -0.1) is 6.58 Å². The summed E-state index contributed by atoms with van der Waals surface area (Å²) in [6.45, 7) is 4.71. The molecule has 110 valence electrons. The number of carboxylic acid groups (broad SMARTS) is 1. The summed E-state index contributed by atoms with van der Waals surface area (Å²) in [4.78, 5) is 12.3. The summed E-state index contributed by atoms with van der Waals surface area (Å²) in [5, 5.41) is 18.6. The lowest BCUT2D eigenvalue weighted by atomic mass is 10.2. The zero-order chi connectivity index (χ0) is 14.8. The Morgan fingerprint density at radius 1 is 1.40 bits per heavy atom. The summed E-state index contributed by atoms with van der Waals surface area (Å²) >= 11 is 0. The third kappa shape index (κ3) is 7.04. The minimum absolute atomic E-state index is 0.123. The molecule has 0 fully saturated rings. The first-order valence-electron chi connectivity index (χ1n) is 6.46. The molecule has 0 unspecified atom stereocenters. The van der Waals surface area contributed by atoms with Gasteiger partial charge in [0.15, 0.2) is 0 Å². The van der Waals surface area contributed by atoms with Gasteiger partial charge in [0.2, 0.25) is 0 Å². The summed E-state index contributed by atoms with van der Waals surface area (Å²) in [5.41, 5.74) is 1.04. The van der Waals surface area contributed by atoms with Crippen LogP contribution in [0.1, 0.15) is 5.56 Å². The Labute approximate surface area is 119 Å². The van der Waals surface area contributed by atoms with Crippen molar-refractivity contribution in [2.45, 2.75) is 12.7 Å². The molecule has 1 rings (SSSR count). The average molecular weight is 279 g/mol. The first-order chi connectivity index (χ1) is 9.61. The van der Waals surface area contributed by atoms with Crippen molar-refractivity contribution in [3.05, 3.63) is 48.6 Å². The van der Waals surface area contributed by atoms with Crippen LogP contribution in [0, 0.1) is 0 Å². The Bertz CT molecular complexity index is 408. The molecular formula is C15H21NO4. The average Bonchev–Trinajstić information content (AvgIpc) is 2.39. The molecule has 2 N–H and O–H groups in total. The van der Waals surface area contributed by atoms with E-state index in [4.69, 9.17) is 9.84 Å². The van der Waals surface area contributed by atoms with Crippen LogP contribution in [0.25, 0.3) is 0 Å². The predicted molar refractivity (Wildman–Crippen MR) is 76.4 cm³/mol. The van der Waals surface area contributed by atoms with Crippen molar-refractivity contribution >= 4 is 5.97 Å². The van der Waals surface area contributed by atoms with Gasteiger partial charge < -0.3 is 14.9 Å². The molecular weight excluding hydrogens is 258 g/mol. The second kappa shape index (κ2) is 9.25. The summed E-state index contributed by atoms with van der Waals surface area (Å²) in [5.74, 6) is -0.927. The highest BCUT2D eigenvalue weighted by molar-refractivity contribution is 5.69. The highest BCUT2D eigenvalue weighted by Gasteiger charge is 2.13. The molecule has 0 aliphatic carbocycles. The van der Waals surface area contributed by atoms with Gasteiger partial charge in [0.25, 0.3) is 0 Å². The lowest BCUT2D eigenvalue weighted by Gasteiger charge is -2.21. The van der Waals surface area contributed by atoms with Crippen LogP contribution in [0.15, 0.2) is 43.0 Å². The molecule has 0 aromatic heterocycles. The molecule has 0 radical (unpaired) electrons. The van der Waals surface area contributed by atoms with Crippen LogP contribution in [0.3, 0.4) is 0 Å². The number of ether oxygens (including phenoxy) is 1. The first kappa shape index (κ1) is 16.4. The van der Waals surface area contributed by atoms with Crippen LogP contribution < -0.4 is 0 Å². The van der Waals surface area contributed by atoms with Crippen molar-refractivity contribution < 1.29 is 19.7 Å². The number of nitrogens with zero attached hydrogens (tertiary/aromatic N) is 1. The quantitative estimate of drug-likeness (QED) is 0.628. The fraction of sp³-hybridized carbons (Fsp3) is 0.400. The van der Waals surface area contributed by atoms with E-state index in [2.05, 4.69) is 6.58 Å². The SMILES string of the molecule is C=CCN(CC(=O)O)C[C@@H](O)COCc1ccccc1. The Balaban J connectivity index is 2.28. The Morgan fingerprint density at radius 2 is 2.10 bits per heavy atom. The second-order valence-corrected chi connectivity index (χ2v) is 4.53. The fourth-order valence-electron chi connectivity index (χ4n) is 1.82. The molecule has 1 aromatic carbocycles. The minimum Gasteiger partial charge on any atom is -0.480 e. The third-order valence-corrected chi connectivity index (χ3v) is 2.64. The number of carboxylic acids is 1. The van der Waals surface area contributed by atoms with Crippen LogP contribution >= 0.6 is 0 Å². The van der Waals surface area contributed by atoms with Crippen molar-refractivity contribution in [2.24, 2.45) is 0 Å². The van der Waals surface area contributed by atoms with E-state index < -0.39 is 12.1 Å². The second-order valence-electron chi connectivity index (χ2n) is 4.53. The first-order valence-corrected chi connectivity index (χ1v) is 6.46. The van der Waals surface area contributed by atoms with E-state index >= 15 is 0 Å². The number of benzene rings is 1. The molecule has 1 atom stereocenters. The number of aliphatic hydroxyl groups excluding tert-OH is 1. The van der Waals surface area contributed by atoms with Gasteiger partial charge >= 0.3 is 5.97 Å². The van der Waals surface area contributed by atoms with Crippen molar-refractivity contribution in [1.82, 2.24) is 4.90 Å². The molecule has 0 saturated heterocycles. The highest BCUT2D eigenvalue weighted by atomic mass is 16.5. The lowest BCUT2D eigenvalue weighted by Crippen LogP contribution is -2.38. The van der Waals surface area contributed by atoms with Crippen LogP contribution in [-0.2, 0) is 16.1 Å². The van der Waals surface area contributed by atoms with Gasteiger partial charge in [-0.05, 0) is 5.56 Å². The summed E-state index contributed by atoms with van der Waals surface area (Å²) < 4.78 is 5.42. The number of aliphatic hydroxyl groups is 1. The molecule has 0 amide bonds. The van der Waals surface area contributed by atoms with Gasteiger partial charge in [-0.2, -0.15) is 0 Å². The predicted octanol–water partition coefficient (Wildman–Crippen LogP) is 1.14. The minimum atomic E-state index is -0.927. The van der Waals surface area contributed by atoms with Crippen molar-refractivity contribution in [3.63, 3.8) is 0 Å². The van der Waals surface area contributed by atoms with Crippen LogP contribution in [0.5, 0.6) is 0 Å². The maximum Gasteiger partial charge on any atom is 0.317 e. The molecule has 5 nitrogen and oxygen atoms in total. The number of carbonyl (C=O) groups is 1. The zero-order valence-electron chi connectivity index (χ0n) is 11.4. The Morgan fingerprint density at radius 3 is 2.70 bits per heavy atom. The molecule has 0 aliphatic heterocycles. The van der Waals surface area contributed by atoms with Gasteiger partial charge in [-0.1, -0.05) is 36.4 Å². The van der Waals surface area contributed by atoms with Gasteiger partial charge in [-0.3, -0.25) is 9.69 Å². The van der Waals surface area contributed by atoms with E-state index in [1.165, 1.54) is 0 Å². The van der Waals surface area contributed by atoms with Crippen LogP contribution in [0.4, 0.5) is 0 Å². The van der Waals surface area contributed by atoms with Crippen molar-refractivity contribution in [3.8, 4) is 0 Å². The lowest BCUT2D eigenvalue weighted by molar-refractivity contribution is -0.138. The highest BCUT2D eigenvalue weighted by Crippen LogP contribution is 2.02. The van der Waals surface area contributed by atoms with Crippen LogP contribution in [0.2, 0.25) is 0 Å². The van der Waals surface area contributed by atoms with E-state index in [0.29, 0.717) is 13.2 Å². The van der Waals surface area contributed by atoms with Gasteiger partial charge in [0.05, 0.1) is 25.9 Å². The monoisotopic (exact) mass is 279 g/mol. The van der Waals surface area contributed by atoms with E-state index in [1.807, 2.05) is 30.3 Å². The molecule has 0 spiro atoms. The largest absolute Gasteiger partial charge is 0.480 e. The molecule has 0 heterocycles. The van der Waals surface area contributed by atoms with E-state index in [-0.39, 0.29) is 19.7 Å². The van der Waals surface area contributed by atoms with Gasteiger partial charge in [0, 0.05) is 13.1 Å². The molecule has 0 bridgehead atoms.